The standard InChI is InChI=1S/C8H5F2IN2/c9-7(10)6-5(1-3-12)2-4-13-8(6)11/h2,4,7H,1H2. The van der Waals surface area contributed by atoms with Crippen LogP contribution in [0.4, 0.5) is 8.78 Å². The number of alkyl halides is 2. The molecule has 13 heavy (non-hydrogen) atoms. The predicted octanol–water partition coefficient (Wildman–Crippen LogP) is 2.69. The van der Waals surface area contributed by atoms with Crippen LogP contribution in [0.2, 0.25) is 0 Å². The molecule has 2 nitrogen and oxygen atoms in total. The van der Waals surface area contributed by atoms with Crippen LogP contribution < -0.4 is 0 Å². The molecule has 5 heteroatoms. The summed E-state index contributed by atoms with van der Waals surface area (Å²) in [5.74, 6) is 0. The quantitative estimate of drug-likeness (QED) is 0.621. The van der Waals surface area contributed by atoms with Gasteiger partial charge in [0.1, 0.15) is 3.70 Å². The molecule has 68 valence electrons. The molecule has 1 aromatic rings. The van der Waals surface area contributed by atoms with Crippen molar-refractivity contribution in [2.24, 2.45) is 0 Å². The molecule has 0 bridgehead atoms. The highest BCUT2D eigenvalue weighted by Crippen LogP contribution is 2.26. The lowest BCUT2D eigenvalue weighted by atomic mass is 10.1. The second-order valence-electron chi connectivity index (χ2n) is 2.31. The molecule has 1 heterocycles. The highest BCUT2D eigenvalue weighted by atomic mass is 127. The average molecular weight is 294 g/mol. The van der Waals surface area contributed by atoms with E-state index in [0.29, 0.717) is 5.56 Å². The molecule has 0 radical (unpaired) electrons. The molecule has 0 amide bonds. The third kappa shape index (κ3) is 2.34. The summed E-state index contributed by atoms with van der Waals surface area (Å²) in [6, 6.07) is 3.29. The molecule has 0 N–H and O–H groups in total. The lowest BCUT2D eigenvalue weighted by molar-refractivity contribution is 0.149. The Kier molecular flexibility index (Phi) is 3.54. The Hall–Kier alpha value is -0.770. The zero-order valence-electron chi connectivity index (χ0n) is 6.47. The molecule has 0 atom stereocenters. The summed E-state index contributed by atoms with van der Waals surface area (Å²) in [5.41, 5.74) is 0.238. The molecule has 0 aromatic carbocycles. The van der Waals surface area contributed by atoms with Gasteiger partial charge in [0.15, 0.2) is 0 Å². The second kappa shape index (κ2) is 4.46. The lowest BCUT2D eigenvalue weighted by Gasteiger charge is -2.06. The van der Waals surface area contributed by atoms with E-state index in [1.807, 2.05) is 6.07 Å². The van der Waals surface area contributed by atoms with Gasteiger partial charge in [-0.05, 0) is 34.2 Å². The van der Waals surface area contributed by atoms with E-state index in [4.69, 9.17) is 5.26 Å². The summed E-state index contributed by atoms with van der Waals surface area (Å²) in [6.07, 6.45) is -1.14. The van der Waals surface area contributed by atoms with Gasteiger partial charge >= 0.3 is 0 Å². The Morgan fingerprint density at radius 2 is 2.31 bits per heavy atom. The largest absolute Gasteiger partial charge is 0.266 e. The maximum atomic E-state index is 12.5. The van der Waals surface area contributed by atoms with Gasteiger partial charge in [-0.1, -0.05) is 0 Å². The summed E-state index contributed by atoms with van der Waals surface area (Å²) in [6.45, 7) is 0. The third-order valence-corrected chi connectivity index (χ3v) is 2.38. The van der Waals surface area contributed by atoms with Gasteiger partial charge in [-0.3, -0.25) is 0 Å². The zero-order chi connectivity index (χ0) is 9.84. The van der Waals surface area contributed by atoms with Crippen LogP contribution in [0.5, 0.6) is 0 Å². The van der Waals surface area contributed by atoms with Crippen LogP contribution in [-0.2, 0) is 6.42 Å². The van der Waals surface area contributed by atoms with Crippen LogP contribution in [-0.4, -0.2) is 4.98 Å². The third-order valence-electron chi connectivity index (χ3n) is 1.52. The SMILES string of the molecule is N#CCc1ccnc(I)c1C(F)F. The molecule has 0 aliphatic rings. The summed E-state index contributed by atoms with van der Waals surface area (Å²) in [4.78, 5) is 3.74. The minimum absolute atomic E-state index is 0.00179. The van der Waals surface area contributed by atoms with E-state index in [1.54, 1.807) is 22.6 Å². The highest BCUT2D eigenvalue weighted by molar-refractivity contribution is 14.1. The Morgan fingerprint density at radius 3 is 2.85 bits per heavy atom. The van der Waals surface area contributed by atoms with Crippen molar-refractivity contribution in [3.05, 3.63) is 27.1 Å². The van der Waals surface area contributed by atoms with Crippen molar-refractivity contribution in [1.29, 1.82) is 5.26 Å². The predicted molar refractivity (Wildman–Crippen MR) is 51.2 cm³/mol. The monoisotopic (exact) mass is 294 g/mol. The summed E-state index contributed by atoms with van der Waals surface area (Å²) in [5, 5.41) is 8.40. The van der Waals surface area contributed by atoms with Crippen molar-refractivity contribution in [2.75, 3.05) is 0 Å². The van der Waals surface area contributed by atoms with Gasteiger partial charge in [0.2, 0.25) is 0 Å². The van der Waals surface area contributed by atoms with Crippen LogP contribution in [0.1, 0.15) is 17.6 Å². The Morgan fingerprint density at radius 1 is 1.62 bits per heavy atom. The first kappa shape index (κ1) is 10.3. The van der Waals surface area contributed by atoms with E-state index < -0.39 is 6.43 Å². The maximum absolute atomic E-state index is 12.5. The minimum Gasteiger partial charge on any atom is -0.250 e. The van der Waals surface area contributed by atoms with Crippen molar-refractivity contribution in [3.8, 4) is 6.07 Å². The number of rotatable bonds is 2. The number of hydrogen-bond acceptors (Lipinski definition) is 2. The number of hydrogen-bond donors (Lipinski definition) is 0. The normalized spacial score (nSPS) is 10.1. The number of nitriles is 1. The Balaban J connectivity index is 3.19. The van der Waals surface area contributed by atoms with E-state index in [0.717, 1.165) is 0 Å². The van der Waals surface area contributed by atoms with Gasteiger partial charge in [-0.2, -0.15) is 5.26 Å². The molecule has 0 saturated carbocycles. The average Bonchev–Trinajstić information content (AvgIpc) is 2.04. The van der Waals surface area contributed by atoms with Crippen molar-refractivity contribution in [3.63, 3.8) is 0 Å². The second-order valence-corrected chi connectivity index (χ2v) is 3.33. The fourth-order valence-corrected chi connectivity index (χ4v) is 1.70. The van der Waals surface area contributed by atoms with Gasteiger partial charge in [0.05, 0.1) is 18.1 Å². The van der Waals surface area contributed by atoms with E-state index in [9.17, 15) is 8.78 Å². The number of pyridine rings is 1. The van der Waals surface area contributed by atoms with E-state index >= 15 is 0 Å². The highest BCUT2D eigenvalue weighted by Gasteiger charge is 2.16. The molecule has 0 unspecified atom stereocenters. The number of nitrogens with zero attached hydrogens (tertiary/aromatic N) is 2. The Labute approximate surface area is 87.7 Å². The molecular weight excluding hydrogens is 289 g/mol. The Bertz CT molecular complexity index is 346. The van der Waals surface area contributed by atoms with Crippen molar-refractivity contribution in [2.45, 2.75) is 12.8 Å². The maximum Gasteiger partial charge on any atom is 0.266 e. The van der Waals surface area contributed by atoms with Crippen LogP contribution in [0.3, 0.4) is 0 Å². The molecular formula is C8H5F2IN2. The number of halogens is 3. The molecule has 0 aliphatic heterocycles. The topological polar surface area (TPSA) is 36.7 Å². The molecule has 1 aromatic heterocycles. The van der Waals surface area contributed by atoms with Gasteiger partial charge in [0.25, 0.3) is 6.43 Å². The fourth-order valence-electron chi connectivity index (χ4n) is 0.954. The molecule has 0 aliphatic carbocycles. The summed E-state index contributed by atoms with van der Waals surface area (Å²) in [7, 11) is 0. The first-order valence-electron chi connectivity index (χ1n) is 3.45. The first-order valence-corrected chi connectivity index (χ1v) is 4.53. The van der Waals surface area contributed by atoms with Gasteiger partial charge in [0, 0.05) is 6.20 Å². The van der Waals surface area contributed by atoms with E-state index in [2.05, 4.69) is 4.98 Å². The molecule has 0 fully saturated rings. The van der Waals surface area contributed by atoms with Crippen LogP contribution >= 0.6 is 22.6 Å². The molecule has 0 spiro atoms. The van der Waals surface area contributed by atoms with Crippen molar-refractivity contribution >= 4 is 22.6 Å². The fraction of sp³-hybridized carbons (Fsp3) is 0.250. The van der Waals surface area contributed by atoms with E-state index in [-0.39, 0.29) is 15.7 Å². The minimum atomic E-state index is -2.57. The summed E-state index contributed by atoms with van der Waals surface area (Å²) < 4.78 is 25.2. The van der Waals surface area contributed by atoms with Gasteiger partial charge in [-0.25, -0.2) is 13.8 Å². The van der Waals surface area contributed by atoms with Crippen LogP contribution in [0.25, 0.3) is 0 Å². The lowest BCUT2D eigenvalue weighted by Crippen LogP contribution is -1.99. The van der Waals surface area contributed by atoms with Crippen molar-refractivity contribution in [1.82, 2.24) is 4.98 Å². The van der Waals surface area contributed by atoms with Crippen molar-refractivity contribution < 1.29 is 8.78 Å². The molecule has 0 saturated heterocycles. The van der Waals surface area contributed by atoms with E-state index in [1.165, 1.54) is 12.3 Å². The zero-order valence-corrected chi connectivity index (χ0v) is 8.62. The van der Waals surface area contributed by atoms with Crippen LogP contribution in [0, 0.1) is 15.0 Å². The van der Waals surface area contributed by atoms with Gasteiger partial charge in [-0.15, -0.1) is 0 Å². The smallest absolute Gasteiger partial charge is 0.250 e. The molecule has 1 rings (SSSR count). The first-order chi connectivity index (χ1) is 6.16. The number of aromatic nitrogens is 1. The van der Waals surface area contributed by atoms with Gasteiger partial charge < -0.3 is 0 Å². The van der Waals surface area contributed by atoms with Crippen LogP contribution in [0.15, 0.2) is 12.3 Å². The summed E-state index contributed by atoms with van der Waals surface area (Å²) >= 11 is 1.74.